The number of benzene rings is 2. The average molecular weight is 377 g/mol. The van der Waals surface area contributed by atoms with Crippen molar-refractivity contribution < 1.29 is 14.0 Å². The van der Waals surface area contributed by atoms with Crippen LogP contribution >= 0.6 is 0 Å². The van der Waals surface area contributed by atoms with Crippen molar-refractivity contribution in [1.82, 2.24) is 10.2 Å². The summed E-state index contributed by atoms with van der Waals surface area (Å²) in [6, 6.07) is 16.8. The molecule has 2 amide bonds. The zero-order valence-electron chi connectivity index (χ0n) is 15.8. The highest BCUT2D eigenvalue weighted by Crippen LogP contribution is 2.20. The molecular weight excluding hydrogens is 354 g/mol. The monoisotopic (exact) mass is 377 g/mol. The van der Waals surface area contributed by atoms with Gasteiger partial charge in [-0.25, -0.2) is 0 Å². The molecule has 2 N–H and O–H groups in total. The van der Waals surface area contributed by atoms with Crippen molar-refractivity contribution in [3.63, 3.8) is 0 Å². The standard InChI is InChI=1S/C22H23N3O3/c1-15-14-23-10-11-25(15)21(26)12-16-6-8-18(9-7-16)24-22(27)20-13-17-4-2-3-5-19(17)28-20/h2-9,13,15,23H,10-12,14H2,1H3,(H,24,27). The number of fused-ring (bicyclic) bond motifs is 1. The molecule has 1 atom stereocenters. The molecule has 1 aliphatic heterocycles. The van der Waals surface area contributed by atoms with Gasteiger partial charge in [-0.3, -0.25) is 9.59 Å². The number of anilines is 1. The molecule has 0 spiro atoms. The quantitative estimate of drug-likeness (QED) is 0.733. The van der Waals surface area contributed by atoms with Crippen LogP contribution < -0.4 is 10.6 Å². The first-order valence-electron chi connectivity index (χ1n) is 9.49. The molecule has 4 rings (SSSR count). The van der Waals surface area contributed by atoms with E-state index in [1.54, 1.807) is 6.07 Å². The molecule has 144 valence electrons. The summed E-state index contributed by atoms with van der Waals surface area (Å²) in [6.07, 6.45) is 0.363. The molecule has 6 heteroatoms. The lowest BCUT2D eigenvalue weighted by Crippen LogP contribution is -2.52. The highest BCUT2D eigenvalue weighted by atomic mass is 16.3. The van der Waals surface area contributed by atoms with E-state index in [0.29, 0.717) is 17.7 Å². The van der Waals surface area contributed by atoms with Gasteiger partial charge in [-0.1, -0.05) is 30.3 Å². The predicted octanol–water partition coefficient (Wildman–Crippen LogP) is 3.05. The molecule has 1 aromatic heterocycles. The number of rotatable bonds is 4. The Morgan fingerprint density at radius 2 is 1.96 bits per heavy atom. The molecule has 2 aromatic carbocycles. The summed E-state index contributed by atoms with van der Waals surface area (Å²) >= 11 is 0. The van der Waals surface area contributed by atoms with E-state index in [2.05, 4.69) is 17.6 Å². The van der Waals surface area contributed by atoms with E-state index in [-0.39, 0.29) is 23.6 Å². The second kappa shape index (κ2) is 7.86. The van der Waals surface area contributed by atoms with Crippen LogP contribution in [0.25, 0.3) is 11.0 Å². The van der Waals surface area contributed by atoms with Crippen molar-refractivity contribution in [3.05, 3.63) is 65.9 Å². The minimum Gasteiger partial charge on any atom is -0.451 e. The number of nitrogens with zero attached hydrogens (tertiary/aromatic N) is 1. The number of hydrogen-bond donors (Lipinski definition) is 2. The number of para-hydroxylation sites is 1. The van der Waals surface area contributed by atoms with Gasteiger partial charge in [0.2, 0.25) is 5.91 Å². The van der Waals surface area contributed by atoms with E-state index in [0.717, 1.165) is 30.6 Å². The first-order chi connectivity index (χ1) is 13.6. The summed E-state index contributed by atoms with van der Waals surface area (Å²) in [5.41, 5.74) is 2.28. The van der Waals surface area contributed by atoms with Crippen LogP contribution in [0.1, 0.15) is 23.0 Å². The minimum absolute atomic E-state index is 0.132. The Balaban J connectivity index is 1.38. The van der Waals surface area contributed by atoms with Crippen LogP contribution in [0.15, 0.2) is 59.0 Å². The molecule has 28 heavy (non-hydrogen) atoms. The van der Waals surface area contributed by atoms with Crippen molar-refractivity contribution in [1.29, 1.82) is 0 Å². The number of carbonyl (C=O) groups is 2. The number of amides is 2. The van der Waals surface area contributed by atoms with Crippen LogP contribution in [0, 0.1) is 0 Å². The molecule has 1 unspecified atom stereocenters. The topological polar surface area (TPSA) is 74.6 Å². The first-order valence-corrected chi connectivity index (χ1v) is 9.49. The Bertz CT molecular complexity index is 961. The van der Waals surface area contributed by atoms with E-state index in [1.165, 1.54) is 0 Å². The van der Waals surface area contributed by atoms with Crippen LogP contribution in [0.4, 0.5) is 5.69 Å². The van der Waals surface area contributed by atoms with Gasteiger partial charge >= 0.3 is 0 Å². The lowest BCUT2D eigenvalue weighted by atomic mass is 10.1. The third-order valence-electron chi connectivity index (χ3n) is 5.04. The maximum atomic E-state index is 12.5. The molecule has 2 heterocycles. The molecular formula is C22H23N3O3. The van der Waals surface area contributed by atoms with Gasteiger partial charge < -0.3 is 20.0 Å². The minimum atomic E-state index is -0.297. The highest BCUT2D eigenvalue weighted by molar-refractivity contribution is 6.04. The summed E-state index contributed by atoms with van der Waals surface area (Å²) in [6.45, 7) is 4.47. The molecule has 1 saturated heterocycles. The maximum Gasteiger partial charge on any atom is 0.291 e. The lowest BCUT2D eigenvalue weighted by molar-refractivity contribution is -0.133. The molecule has 3 aromatic rings. The summed E-state index contributed by atoms with van der Waals surface area (Å²) in [4.78, 5) is 26.9. The third-order valence-corrected chi connectivity index (χ3v) is 5.04. The Labute approximate surface area is 163 Å². The first kappa shape index (κ1) is 18.3. The zero-order chi connectivity index (χ0) is 19.5. The van der Waals surface area contributed by atoms with Crippen molar-refractivity contribution >= 4 is 28.5 Å². The van der Waals surface area contributed by atoms with Gasteiger partial charge in [0.1, 0.15) is 5.58 Å². The lowest BCUT2D eigenvalue weighted by Gasteiger charge is -2.34. The molecule has 0 aliphatic carbocycles. The predicted molar refractivity (Wildman–Crippen MR) is 108 cm³/mol. The molecule has 6 nitrogen and oxygen atoms in total. The van der Waals surface area contributed by atoms with Crippen LogP contribution in [0.2, 0.25) is 0 Å². The molecule has 0 radical (unpaired) electrons. The number of piperazine rings is 1. The van der Waals surface area contributed by atoms with Crippen LogP contribution in [0.3, 0.4) is 0 Å². The van der Waals surface area contributed by atoms with E-state index in [4.69, 9.17) is 4.42 Å². The summed E-state index contributed by atoms with van der Waals surface area (Å²) < 4.78 is 5.59. The van der Waals surface area contributed by atoms with Crippen LogP contribution in [-0.2, 0) is 11.2 Å². The summed E-state index contributed by atoms with van der Waals surface area (Å²) in [5, 5.41) is 7.02. The van der Waals surface area contributed by atoms with Gasteiger partial charge in [0, 0.05) is 36.7 Å². The SMILES string of the molecule is CC1CNCCN1C(=O)Cc1ccc(NC(=O)c2cc3ccccc3o2)cc1. The maximum absolute atomic E-state index is 12.5. The smallest absolute Gasteiger partial charge is 0.291 e. The Morgan fingerprint density at radius 3 is 2.71 bits per heavy atom. The van der Waals surface area contributed by atoms with E-state index in [1.807, 2.05) is 53.4 Å². The van der Waals surface area contributed by atoms with Crippen LogP contribution in [-0.4, -0.2) is 42.4 Å². The number of hydrogen-bond acceptors (Lipinski definition) is 4. The second-order valence-electron chi connectivity index (χ2n) is 7.12. The van der Waals surface area contributed by atoms with Gasteiger partial charge in [-0.2, -0.15) is 0 Å². The van der Waals surface area contributed by atoms with Crippen molar-refractivity contribution in [2.45, 2.75) is 19.4 Å². The highest BCUT2D eigenvalue weighted by Gasteiger charge is 2.22. The second-order valence-corrected chi connectivity index (χ2v) is 7.12. The molecule has 1 aliphatic rings. The number of furan rings is 1. The molecule has 1 fully saturated rings. The van der Waals surface area contributed by atoms with Crippen molar-refractivity contribution in [3.8, 4) is 0 Å². The summed E-state index contributed by atoms with van der Waals surface area (Å²) in [7, 11) is 0. The molecule has 0 saturated carbocycles. The Morgan fingerprint density at radius 1 is 1.18 bits per heavy atom. The van der Waals surface area contributed by atoms with Crippen molar-refractivity contribution in [2.75, 3.05) is 25.0 Å². The number of carbonyl (C=O) groups excluding carboxylic acids is 2. The summed E-state index contributed by atoms with van der Waals surface area (Å²) in [5.74, 6) is 0.107. The van der Waals surface area contributed by atoms with Gasteiger partial charge in [0.05, 0.1) is 6.42 Å². The molecule has 0 bridgehead atoms. The van der Waals surface area contributed by atoms with E-state index in [9.17, 15) is 9.59 Å². The zero-order valence-corrected chi connectivity index (χ0v) is 15.8. The largest absolute Gasteiger partial charge is 0.451 e. The van der Waals surface area contributed by atoms with Crippen molar-refractivity contribution in [2.24, 2.45) is 0 Å². The average Bonchev–Trinajstić information content (AvgIpc) is 3.14. The van der Waals surface area contributed by atoms with Gasteiger partial charge in [0.25, 0.3) is 5.91 Å². The fraction of sp³-hybridized carbons (Fsp3) is 0.273. The van der Waals surface area contributed by atoms with Crippen LogP contribution in [0.5, 0.6) is 0 Å². The van der Waals surface area contributed by atoms with E-state index >= 15 is 0 Å². The van der Waals surface area contributed by atoms with E-state index < -0.39 is 0 Å². The van der Waals surface area contributed by atoms with Gasteiger partial charge in [0.15, 0.2) is 5.76 Å². The fourth-order valence-electron chi connectivity index (χ4n) is 3.48. The third kappa shape index (κ3) is 3.92. The Kier molecular flexibility index (Phi) is 5.12. The Hall–Kier alpha value is -3.12. The normalized spacial score (nSPS) is 16.9. The van der Waals surface area contributed by atoms with Gasteiger partial charge in [-0.15, -0.1) is 0 Å². The number of nitrogens with one attached hydrogen (secondary N) is 2. The van der Waals surface area contributed by atoms with Gasteiger partial charge in [-0.05, 0) is 36.8 Å². The fourth-order valence-corrected chi connectivity index (χ4v) is 3.48.